The van der Waals surface area contributed by atoms with Crippen molar-refractivity contribution < 1.29 is 19.4 Å². The SMILES string of the molecule is C[C@@H]1CC(C(=O)O)C[C@@H](C)N1C(=O)OC(C)(C)C. The maximum Gasteiger partial charge on any atom is 0.410 e. The van der Waals surface area contributed by atoms with E-state index in [9.17, 15) is 9.59 Å². The summed E-state index contributed by atoms with van der Waals surface area (Å²) in [6, 6.07) is -0.214. The summed E-state index contributed by atoms with van der Waals surface area (Å²) in [4.78, 5) is 24.7. The van der Waals surface area contributed by atoms with Crippen molar-refractivity contribution in [1.82, 2.24) is 4.90 Å². The lowest BCUT2D eigenvalue weighted by atomic mass is 9.87. The van der Waals surface area contributed by atoms with Gasteiger partial charge in [0.2, 0.25) is 0 Å². The number of aliphatic carboxylic acids is 1. The molecule has 5 nitrogen and oxygen atoms in total. The molecule has 0 aromatic carbocycles. The van der Waals surface area contributed by atoms with E-state index in [1.54, 1.807) is 4.90 Å². The molecule has 0 aromatic heterocycles. The summed E-state index contributed by atoms with van der Waals surface area (Å²) in [6.07, 6.45) is 0.615. The topological polar surface area (TPSA) is 66.8 Å². The molecular weight excluding hydrogens is 234 g/mol. The van der Waals surface area contributed by atoms with Gasteiger partial charge in [-0.3, -0.25) is 4.79 Å². The number of hydrogen-bond donors (Lipinski definition) is 1. The molecule has 1 rings (SSSR count). The van der Waals surface area contributed by atoms with Crippen LogP contribution < -0.4 is 0 Å². The highest BCUT2D eigenvalue weighted by Gasteiger charge is 2.38. The lowest BCUT2D eigenvalue weighted by molar-refractivity contribution is -0.144. The first-order valence-electron chi connectivity index (χ1n) is 6.36. The third-order valence-electron chi connectivity index (χ3n) is 3.15. The summed E-state index contributed by atoms with van der Waals surface area (Å²) in [6.45, 7) is 9.21. The van der Waals surface area contributed by atoms with Crippen molar-refractivity contribution in [3.63, 3.8) is 0 Å². The zero-order chi connectivity index (χ0) is 14.1. The molecule has 0 radical (unpaired) electrons. The first-order chi connectivity index (χ1) is 8.11. The second-order valence-corrected chi connectivity index (χ2v) is 6.09. The number of carboxylic acid groups (broad SMARTS) is 1. The Morgan fingerprint density at radius 3 is 1.94 bits per heavy atom. The second-order valence-electron chi connectivity index (χ2n) is 6.09. The molecule has 1 aliphatic heterocycles. The third-order valence-corrected chi connectivity index (χ3v) is 3.15. The lowest BCUT2D eigenvalue weighted by Crippen LogP contribution is -2.52. The van der Waals surface area contributed by atoms with E-state index in [2.05, 4.69) is 0 Å². The zero-order valence-corrected chi connectivity index (χ0v) is 11.8. The van der Waals surface area contributed by atoms with Gasteiger partial charge in [0, 0.05) is 12.1 Å². The van der Waals surface area contributed by atoms with E-state index < -0.39 is 11.6 Å². The van der Waals surface area contributed by atoms with Crippen LogP contribution in [-0.2, 0) is 9.53 Å². The van der Waals surface area contributed by atoms with Gasteiger partial charge in [0.05, 0.1) is 5.92 Å². The molecule has 5 heteroatoms. The monoisotopic (exact) mass is 257 g/mol. The minimum atomic E-state index is -0.780. The Morgan fingerprint density at radius 1 is 1.17 bits per heavy atom. The third kappa shape index (κ3) is 3.62. The lowest BCUT2D eigenvalue weighted by Gasteiger charge is -2.41. The van der Waals surface area contributed by atoms with E-state index in [4.69, 9.17) is 9.84 Å². The maximum atomic E-state index is 12.1. The number of ether oxygens (including phenoxy) is 1. The summed E-state index contributed by atoms with van der Waals surface area (Å²) >= 11 is 0. The molecule has 1 fully saturated rings. The molecule has 0 unspecified atom stereocenters. The molecule has 2 atom stereocenters. The van der Waals surface area contributed by atoms with E-state index in [-0.39, 0.29) is 24.1 Å². The molecular formula is C13H23NO4. The van der Waals surface area contributed by atoms with E-state index in [1.165, 1.54) is 0 Å². The van der Waals surface area contributed by atoms with Gasteiger partial charge in [-0.1, -0.05) is 0 Å². The number of piperidine rings is 1. The van der Waals surface area contributed by atoms with Crippen LogP contribution in [0.3, 0.4) is 0 Å². The van der Waals surface area contributed by atoms with Gasteiger partial charge in [-0.05, 0) is 47.5 Å². The number of likely N-dealkylation sites (tertiary alicyclic amines) is 1. The first-order valence-corrected chi connectivity index (χ1v) is 6.36. The van der Waals surface area contributed by atoms with Crippen molar-refractivity contribution in [2.24, 2.45) is 5.92 Å². The molecule has 1 aliphatic rings. The van der Waals surface area contributed by atoms with Crippen molar-refractivity contribution >= 4 is 12.1 Å². The smallest absolute Gasteiger partial charge is 0.410 e. The standard InChI is InChI=1S/C13H23NO4/c1-8-6-10(11(15)16)7-9(2)14(8)12(17)18-13(3,4)5/h8-10H,6-7H2,1-5H3,(H,15,16)/t8-,9-/m1/s1. The minimum absolute atomic E-state index is 0.107. The van der Waals surface area contributed by atoms with Crippen molar-refractivity contribution in [3.05, 3.63) is 0 Å². The fraction of sp³-hybridized carbons (Fsp3) is 0.846. The second kappa shape index (κ2) is 5.16. The van der Waals surface area contributed by atoms with Crippen LogP contribution in [0.5, 0.6) is 0 Å². The average molecular weight is 257 g/mol. The van der Waals surface area contributed by atoms with Crippen molar-refractivity contribution in [1.29, 1.82) is 0 Å². The van der Waals surface area contributed by atoms with Gasteiger partial charge in [-0.15, -0.1) is 0 Å². The Hall–Kier alpha value is -1.26. The van der Waals surface area contributed by atoms with Crippen LogP contribution in [0.25, 0.3) is 0 Å². The molecule has 1 heterocycles. The zero-order valence-electron chi connectivity index (χ0n) is 11.8. The van der Waals surface area contributed by atoms with Crippen LogP contribution in [0.15, 0.2) is 0 Å². The normalized spacial score (nSPS) is 28.9. The summed E-state index contributed by atoms with van der Waals surface area (Å²) in [5, 5.41) is 9.05. The van der Waals surface area contributed by atoms with Crippen LogP contribution >= 0.6 is 0 Å². The van der Waals surface area contributed by atoms with Gasteiger partial charge in [0.25, 0.3) is 0 Å². The van der Waals surface area contributed by atoms with Gasteiger partial charge in [0.1, 0.15) is 5.60 Å². The molecule has 18 heavy (non-hydrogen) atoms. The maximum absolute atomic E-state index is 12.1. The Kier molecular flexibility index (Phi) is 4.24. The highest BCUT2D eigenvalue weighted by atomic mass is 16.6. The Labute approximate surface area is 108 Å². The number of amides is 1. The van der Waals surface area contributed by atoms with Gasteiger partial charge < -0.3 is 14.7 Å². The first kappa shape index (κ1) is 14.8. The number of rotatable bonds is 1. The number of carboxylic acids is 1. The highest BCUT2D eigenvalue weighted by Crippen LogP contribution is 2.29. The van der Waals surface area contributed by atoms with E-state index in [0.717, 1.165) is 0 Å². The fourth-order valence-corrected chi connectivity index (χ4v) is 2.46. The van der Waals surface area contributed by atoms with E-state index >= 15 is 0 Å². The quantitative estimate of drug-likeness (QED) is 0.783. The minimum Gasteiger partial charge on any atom is -0.481 e. The predicted molar refractivity (Wildman–Crippen MR) is 67.4 cm³/mol. The molecule has 0 bridgehead atoms. The number of hydrogen-bond acceptors (Lipinski definition) is 3. The largest absolute Gasteiger partial charge is 0.481 e. The fourth-order valence-electron chi connectivity index (χ4n) is 2.46. The number of carbonyl (C=O) groups excluding carboxylic acids is 1. The molecule has 1 amide bonds. The van der Waals surface area contributed by atoms with Gasteiger partial charge in [0.15, 0.2) is 0 Å². The Balaban J connectivity index is 2.73. The Morgan fingerprint density at radius 2 is 1.61 bits per heavy atom. The summed E-state index contributed by atoms with van der Waals surface area (Å²) in [5.74, 6) is -1.15. The van der Waals surface area contributed by atoms with Crippen molar-refractivity contribution in [2.45, 2.75) is 65.1 Å². The van der Waals surface area contributed by atoms with Gasteiger partial charge in [-0.2, -0.15) is 0 Å². The molecule has 104 valence electrons. The van der Waals surface area contributed by atoms with Crippen LogP contribution in [0, 0.1) is 5.92 Å². The molecule has 0 saturated carbocycles. The Bertz CT molecular complexity index is 322. The molecule has 1 N–H and O–H groups in total. The number of carbonyl (C=O) groups is 2. The number of nitrogens with zero attached hydrogens (tertiary/aromatic N) is 1. The van der Waals surface area contributed by atoms with Crippen LogP contribution in [0.4, 0.5) is 4.79 Å². The van der Waals surface area contributed by atoms with Crippen LogP contribution in [0.1, 0.15) is 47.5 Å². The summed E-state index contributed by atoms with van der Waals surface area (Å²) in [7, 11) is 0. The highest BCUT2D eigenvalue weighted by molar-refractivity contribution is 5.72. The summed E-state index contributed by atoms with van der Waals surface area (Å²) in [5.41, 5.74) is -0.528. The average Bonchev–Trinajstić information content (AvgIpc) is 2.12. The summed E-state index contributed by atoms with van der Waals surface area (Å²) < 4.78 is 5.35. The van der Waals surface area contributed by atoms with E-state index in [0.29, 0.717) is 12.8 Å². The molecule has 1 saturated heterocycles. The molecule has 0 aromatic rings. The van der Waals surface area contributed by atoms with Crippen molar-refractivity contribution in [2.75, 3.05) is 0 Å². The van der Waals surface area contributed by atoms with Crippen molar-refractivity contribution in [3.8, 4) is 0 Å². The predicted octanol–water partition coefficient (Wildman–Crippen LogP) is 2.50. The van der Waals surface area contributed by atoms with Gasteiger partial charge >= 0.3 is 12.1 Å². The van der Waals surface area contributed by atoms with Gasteiger partial charge in [-0.25, -0.2) is 4.79 Å². The molecule has 0 spiro atoms. The van der Waals surface area contributed by atoms with Crippen LogP contribution in [0.2, 0.25) is 0 Å². The van der Waals surface area contributed by atoms with Crippen LogP contribution in [-0.4, -0.2) is 39.8 Å². The molecule has 0 aliphatic carbocycles. The van der Waals surface area contributed by atoms with E-state index in [1.807, 2.05) is 34.6 Å².